The highest BCUT2D eigenvalue weighted by molar-refractivity contribution is 8.05. The molecule has 1 N–H and O–H groups in total. The van der Waals surface area contributed by atoms with Crippen LogP contribution < -0.4 is 15.0 Å². The number of ether oxygens (including phenoxy) is 1. The molecule has 0 aliphatic carbocycles. The molecule has 1 fully saturated rings. The molecule has 6 nitrogen and oxygen atoms in total. The van der Waals surface area contributed by atoms with Gasteiger partial charge in [0.1, 0.15) is 22.4 Å². The Morgan fingerprint density at radius 2 is 1.97 bits per heavy atom. The Hall–Kier alpha value is -2.66. The fourth-order valence-corrected chi connectivity index (χ4v) is 4.68. The fraction of sp³-hybridized carbons (Fsp3) is 0.190. The summed E-state index contributed by atoms with van der Waals surface area (Å²) < 4.78 is 5.17. The molecule has 154 valence electrons. The van der Waals surface area contributed by atoms with Crippen LogP contribution in [0.3, 0.4) is 0 Å². The van der Waals surface area contributed by atoms with E-state index in [4.69, 9.17) is 27.9 Å². The molecule has 0 radical (unpaired) electrons. The average Bonchev–Trinajstić information content (AvgIpc) is 3.07. The third kappa shape index (κ3) is 4.26. The van der Waals surface area contributed by atoms with Crippen LogP contribution in [-0.4, -0.2) is 31.2 Å². The molecule has 9 heteroatoms. The van der Waals surface area contributed by atoms with Gasteiger partial charge in [-0.15, -0.1) is 0 Å². The van der Waals surface area contributed by atoms with Gasteiger partial charge in [0.25, 0.3) is 5.91 Å². The Labute approximate surface area is 188 Å². The fourth-order valence-electron chi connectivity index (χ4n) is 2.98. The maximum Gasteiger partial charge on any atom is 0.264 e. The first-order chi connectivity index (χ1) is 14.4. The van der Waals surface area contributed by atoms with Gasteiger partial charge in [0.2, 0.25) is 5.91 Å². The quantitative estimate of drug-likeness (QED) is 0.533. The summed E-state index contributed by atoms with van der Waals surface area (Å²) in [6, 6.07) is 14.0. The first kappa shape index (κ1) is 22.0. The number of benzene rings is 2. The van der Waals surface area contributed by atoms with Crippen LogP contribution in [0.4, 0.5) is 5.69 Å². The number of hydrogen-bond acceptors (Lipinski definition) is 5. The molecule has 0 spiro atoms. The molecule has 0 aromatic heterocycles. The average molecular weight is 462 g/mol. The van der Waals surface area contributed by atoms with Gasteiger partial charge in [-0.05, 0) is 42.3 Å². The Bertz CT molecular complexity index is 1060. The number of thioether (sulfide) groups is 1. The molecule has 1 heterocycles. The molecule has 2 amide bonds. The highest BCUT2D eigenvalue weighted by atomic mass is 35.5. The molecule has 1 aliphatic heterocycles. The lowest BCUT2D eigenvalue weighted by Crippen LogP contribution is -2.31. The van der Waals surface area contributed by atoms with Gasteiger partial charge in [0, 0.05) is 12.7 Å². The van der Waals surface area contributed by atoms with Gasteiger partial charge >= 0.3 is 0 Å². The summed E-state index contributed by atoms with van der Waals surface area (Å²) in [6.45, 7) is 0. The number of nitrogens with one attached hydrogen (secondary N) is 1. The summed E-state index contributed by atoms with van der Waals surface area (Å²) in [4.78, 5) is 27.0. The highest BCUT2D eigenvalue weighted by Gasteiger charge is 2.41. The second kappa shape index (κ2) is 9.43. The number of amides is 2. The van der Waals surface area contributed by atoms with E-state index in [1.165, 1.54) is 11.9 Å². The maximum atomic E-state index is 13.3. The summed E-state index contributed by atoms with van der Waals surface area (Å²) in [5.41, 5.74) is 1.11. The lowest BCUT2D eigenvalue weighted by molar-refractivity contribution is -0.117. The maximum absolute atomic E-state index is 13.3. The zero-order chi connectivity index (χ0) is 21.8. The SMILES string of the molecule is CNC(=O)/C(C#N)=C1\SC(Cc2cccc(Cl)c2Cl)C(=O)N1c1ccc(OC)cc1. The molecule has 1 aliphatic rings. The minimum atomic E-state index is -0.578. The molecule has 1 atom stereocenters. The standard InChI is InChI=1S/C21H17Cl2N3O3S/c1-25-19(27)15(11-24)21-26(13-6-8-14(29-2)9-7-13)20(28)17(30-21)10-12-4-3-5-16(22)18(12)23/h3-9,17H,10H2,1-2H3,(H,25,27)/b21-15-. The van der Waals surface area contributed by atoms with Crippen molar-refractivity contribution in [1.29, 1.82) is 5.26 Å². The Morgan fingerprint density at radius 3 is 2.57 bits per heavy atom. The van der Waals surface area contributed by atoms with E-state index in [2.05, 4.69) is 5.32 Å². The van der Waals surface area contributed by atoms with E-state index in [1.807, 2.05) is 6.07 Å². The van der Waals surface area contributed by atoms with Gasteiger partial charge in [0.15, 0.2) is 0 Å². The molecule has 2 aromatic rings. The van der Waals surface area contributed by atoms with Crippen LogP contribution in [0, 0.1) is 11.3 Å². The zero-order valence-corrected chi connectivity index (χ0v) is 18.4. The number of anilines is 1. The number of nitriles is 1. The van der Waals surface area contributed by atoms with Gasteiger partial charge in [-0.2, -0.15) is 5.26 Å². The number of likely N-dealkylation sites (N-methyl/N-ethyl adjacent to an activating group) is 1. The van der Waals surface area contributed by atoms with Crippen molar-refractivity contribution in [3.63, 3.8) is 0 Å². The van der Waals surface area contributed by atoms with Crippen molar-refractivity contribution in [2.45, 2.75) is 11.7 Å². The van der Waals surface area contributed by atoms with Gasteiger partial charge in [-0.1, -0.05) is 47.1 Å². The molecule has 1 saturated heterocycles. The molecule has 2 aromatic carbocycles. The van der Waals surface area contributed by atoms with Crippen LogP contribution in [0.1, 0.15) is 5.56 Å². The van der Waals surface area contributed by atoms with Crippen molar-refractivity contribution >= 4 is 52.5 Å². The van der Waals surface area contributed by atoms with E-state index in [1.54, 1.807) is 49.6 Å². The number of carbonyl (C=O) groups is 2. The van der Waals surface area contributed by atoms with Gasteiger partial charge in [0.05, 0.1) is 22.4 Å². The lowest BCUT2D eigenvalue weighted by atomic mass is 10.1. The number of rotatable bonds is 5. The van der Waals surface area contributed by atoms with Crippen LogP contribution in [0.25, 0.3) is 0 Å². The number of hydrogen-bond donors (Lipinski definition) is 1. The molecule has 3 rings (SSSR count). The van der Waals surface area contributed by atoms with Crippen LogP contribution in [0.5, 0.6) is 5.75 Å². The molecule has 1 unspecified atom stereocenters. The summed E-state index contributed by atoms with van der Waals surface area (Å²) >= 11 is 13.6. The van der Waals surface area contributed by atoms with E-state index >= 15 is 0 Å². The second-order valence-electron chi connectivity index (χ2n) is 6.27. The smallest absolute Gasteiger partial charge is 0.264 e. The third-order valence-electron chi connectivity index (χ3n) is 4.50. The zero-order valence-electron chi connectivity index (χ0n) is 16.1. The summed E-state index contributed by atoms with van der Waals surface area (Å²) in [5, 5.41) is 12.5. The summed E-state index contributed by atoms with van der Waals surface area (Å²) in [6.07, 6.45) is 0.297. The number of halogens is 2. The normalized spacial score (nSPS) is 17.5. The molecule has 0 saturated carbocycles. The molecule has 30 heavy (non-hydrogen) atoms. The van der Waals surface area contributed by atoms with Crippen LogP contribution in [0.15, 0.2) is 53.1 Å². The second-order valence-corrected chi connectivity index (χ2v) is 8.24. The predicted molar refractivity (Wildman–Crippen MR) is 119 cm³/mol. The van der Waals surface area contributed by atoms with Gasteiger partial charge < -0.3 is 10.1 Å². The van der Waals surface area contributed by atoms with Crippen molar-refractivity contribution in [2.75, 3.05) is 19.1 Å². The minimum Gasteiger partial charge on any atom is -0.497 e. The van der Waals surface area contributed by atoms with E-state index < -0.39 is 11.2 Å². The van der Waals surface area contributed by atoms with Crippen molar-refractivity contribution in [3.8, 4) is 11.8 Å². The molecular weight excluding hydrogens is 445 g/mol. The lowest BCUT2D eigenvalue weighted by Gasteiger charge is -2.19. The van der Waals surface area contributed by atoms with Crippen molar-refractivity contribution in [3.05, 3.63) is 68.7 Å². The van der Waals surface area contributed by atoms with Crippen LogP contribution in [0.2, 0.25) is 10.0 Å². The Balaban J connectivity index is 2.06. The monoisotopic (exact) mass is 461 g/mol. The van der Waals surface area contributed by atoms with Crippen molar-refractivity contribution in [2.24, 2.45) is 0 Å². The highest BCUT2D eigenvalue weighted by Crippen LogP contribution is 2.43. The third-order valence-corrected chi connectivity index (χ3v) is 6.62. The van der Waals surface area contributed by atoms with Gasteiger partial charge in [-0.25, -0.2) is 0 Å². The number of nitrogens with zero attached hydrogens (tertiary/aromatic N) is 2. The minimum absolute atomic E-state index is 0.133. The predicted octanol–water partition coefficient (Wildman–Crippen LogP) is 4.17. The number of carbonyl (C=O) groups excluding carboxylic acids is 2. The van der Waals surface area contributed by atoms with E-state index in [-0.39, 0.29) is 16.5 Å². The van der Waals surface area contributed by atoms with Crippen molar-refractivity contribution < 1.29 is 14.3 Å². The number of methoxy groups -OCH3 is 1. The van der Waals surface area contributed by atoms with Gasteiger partial charge in [-0.3, -0.25) is 14.5 Å². The van der Waals surface area contributed by atoms with E-state index in [0.29, 0.717) is 33.5 Å². The Kier molecular flexibility index (Phi) is 6.93. The first-order valence-electron chi connectivity index (χ1n) is 8.85. The summed E-state index contributed by atoms with van der Waals surface area (Å²) in [5.74, 6) is -0.196. The molecular formula is C21H17Cl2N3O3S. The van der Waals surface area contributed by atoms with Crippen LogP contribution in [-0.2, 0) is 16.0 Å². The van der Waals surface area contributed by atoms with Crippen molar-refractivity contribution in [1.82, 2.24) is 5.32 Å². The summed E-state index contributed by atoms with van der Waals surface area (Å²) in [7, 11) is 2.98. The van der Waals surface area contributed by atoms with Crippen LogP contribution >= 0.6 is 35.0 Å². The van der Waals surface area contributed by atoms with E-state index in [9.17, 15) is 14.9 Å². The Morgan fingerprint density at radius 1 is 1.27 bits per heavy atom. The topological polar surface area (TPSA) is 82.4 Å². The van der Waals surface area contributed by atoms with E-state index in [0.717, 1.165) is 11.8 Å². The molecule has 0 bridgehead atoms. The largest absolute Gasteiger partial charge is 0.497 e. The first-order valence-corrected chi connectivity index (χ1v) is 10.5.